The average molecular weight is 325 g/mol. The smallest absolute Gasteiger partial charge is 0.235 e. The molecule has 0 bridgehead atoms. The summed E-state index contributed by atoms with van der Waals surface area (Å²) < 4.78 is 29.2. The van der Waals surface area contributed by atoms with E-state index >= 15 is 0 Å². The summed E-state index contributed by atoms with van der Waals surface area (Å²) in [6, 6.07) is 10.4. The molecule has 0 saturated carbocycles. The molecule has 21 heavy (non-hydrogen) atoms. The molecule has 1 amide bonds. The molecule has 1 heterocycles. The first-order chi connectivity index (χ1) is 10.0. The molecule has 0 atom stereocenters. The van der Waals surface area contributed by atoms with E-state index in [-0.39, 0.29) is 10.8 Å². The fourth-order valence-corrected chi connectivity index (χ4v) is 3.97. The highest BCUT2D eigenvalue weighted by molar-refractivity contribution is 7.94. The van der Waals surface area contributed by atoms with Crippen molar-refractivity contribution in [1.82, 2.24) is 5.32 Å². The minimum Gasteiger partial charge on any atom is -0.497 e. The zero-order chi connectivity index (χ0) is 15.3. The molecule has 1 aromatic heterocycles. The zero-order valence-corrected chi connectivity index (χ0v) is 13.0. The first-order valence-corrected chi connectivity index (χ1v) is 8.70. The van der Waals surface area contributed by atoms with Gasteiger partial charge in [-0.05, 0) is 29.1 Å². The summed E-state index contributed by atoms with van der Waals surface area (Å²) in [6.07, 6.45) is 0. The third kappa shape index (κ3) is 4.30. The first-order valence-electron chi connectivity index (χ1n) is 6.17. The predicted molar refractivity (Wildman–Crippen MR) is 81.2 cm³/mol. The zero-order valence-electron chi connectivity index (χ0n) is 11.4. The van der Waals surface area contributed by atoms with E-state index in [1.54, 1.807) is 30.7 Å². The number of sulfone groups is 1. The fraction of sp³-hybridized carbons (Fsp3) is 0.214. The van der Waals surface area contributed by atoms with Gasteiger partial charge in [0, 0.05) is 6.54 Å². The van der Waals surface area contributed by atoms with E-state index < -0.39 is 21.5 Å². The van der Waals surface area contributed by atoms with Crippen molar-refractivity contribution in [1.29, 1.82) is 0 Å². The maximum Gasteiger partial charge on any atom is 0.235 e. The maximum absolute atomic E-state index is 11.9. The number of rotatable bonds is 6. The Hall–Kier alpha value is -1.86. The highest BCUT2D eigenvalue weighted by Crippen LogP contribution is 2.17. The molecule has 0 saturated heterocycles. The van der Waals surface area contributed by atoms with Gasteiger partial charge in [-0.15, -0.1) is 11.3 Å². The topological polar surface area (TPSA) is 72.5 Å². The molecule has 0 aliphatic rings. The number of carbonyl (C=O) groups is 1. The lowest BCUT2D eigenvalue weighted by Crippen LogP contribution is -2.29. The molecule has 1 aromatic carbocycles. The molecule has 7 heteroatoms. The van der Waals surface area contributed by atoms with Crippen LogP contribution in [0.25, 0.3) is 0 Å². The van der Waals surface area contributed by atoms with Crippen LogP contribution in [0.4, 0.5) is 0 Å². The van der Waals surface area contributed by atoms with Crippen molar-refractivity contribution >= 4 is 27.1 Å². The van der Waals surface area contributed by atoms with Gasteiger partial charge in [-0.3, -0.25) is 4.79 Å². The summed E-state index contributed by atoms with van der Waals surface area (Å²) in [5.41, 5.74) is 0.844. The Morgan fingerprint density at radius 3 is 2.76 bits per heavy atom. The van der Waals surface area contributed by atoms with Crippen LogP contribution in [0.3, 0.4) is 0 Å². The van der Waals surface area contributed by atoms with Crippen LogP contribution in [-0.4, -0.2) is 27.2 Å². The molecule has 0 unspecified atom stereocenters. The fourth-order valence-electron chi connectivity index (χ4n) is 1.72. The Bertz CT molecular complexity index is 708. The van der Waals surface area contributed by atoms with Crippen molar-refractivity contribution in [3.63, 3.8) is 0 Å². The number of amides is 1. The van der Waals surface area contributed by atoms with Crippen LogP contribution in [0.1, 0.15) is 5.56 Å². The van der Waals surface area contributed by atoms with Gasteiger partial charge in [-0.25, -0.2) is 8.42 Å². The Morgan fingerprint density at radius 2 is 2.10 bits per heavy atom. The molecule has 5 nitrogen and oxygen atoms in total. The lowest BCUT2D eigenvalue weighted by Gasteiger charge is -2.07. The van der Waals surface area contributed by atoms with Crippen LogP contribution in [0, 0.1) is 0 Å². The second-order valence-electron chi connectivity index (χ2n) is 4.32. The minimum atomic E-state index is -3.55. The van der Waals surface area contributed by atoms with Gasteiger partial charge in [0.2, 0.25) is 5.91 Å². The summed E-state index contributed by atoms with van der Waals surface area (Å²) in [5.74, 6) is -0.378. The van der Waals surface area contributed by atoms with E-state index in [4.69, 9.17) is 4.74 Å². The van der Waals surface area contributed by atoms with Gasteiger partial charge in [0.25, 0.3) is 0 Å². The Labute approximate surface area is 127 Å². The third-order valence-corrected chi connectivity index (χ3v) is 5.85. The monoisotopic (exact) mass is 325 g/mol. The van der Waals surface area contributed by atoms with Crippen LogP contribution in [0.5, 0.6) is 5.75 Å². The molecule has 2 aromatic rings. The molecule has 0 radical (unpaired) electrons. The largest absolute Gasteiger partial charge is 0.497 e. The van der Waals surface area contributed by atoms with E-state index in [9.17, 15) is 13.2 Å². The van der Waals surface area contributed by atoms with Gasteiger partial charge < -0.3 is 10.1 Å². The van der Waals surface area contributed by atoms with Crippen molar-refractivity contribution in [2.24, 2.45) is 0 Å². The van der Waals surface area contributed by atoms with Gasteiger partial charge in [0.15, 0.2) is 9.84 Å². The van der Waals surface area contributed by atoms with Gasteiger partial charge in [-0.1, -0.05) is 18.2 Å². The number of hydrogen-bond donors (Lipinski definition) is 1. The predicted octanol–water partition coefficient (Wildman–Crippen LogP) is 1.85. The van der Waals surface area contributed by atoms with Gasteiger partial charge >= 0.3 is 0 Å². The summed E-state index contributed by atoms with van der Waals surface area (Å²) in [5, 5.41) is 4.27. The number of benzene rings is 1. The Morgan fingerprint density at radius 1 is 1.29 bits per heavy atom. The lowest BCUT2D eigenvalue weighted by molar-refractivity contribution is -0.118. The summed E-state index contributed by atoms with van der Waals surface area (Å²) in [6.45, 7) is 0.260. The summed E-state index contributed by atoms with van der Waals surface area (Å²) >= 11 is 1.11. The lowest BCUT2D eigenvalue weighted by atomic mass is 10.2. The quantitative estimate of drug-likeness (QED) is 0.880. The molecule has 1 N–H and O–H groups in total. The van der Waals surface area contributed by atoms with Crippen molar-refractivity contribution in [2.75, 3.05) is 12.9 Å². The number of hydrogen-bond acceptors (Lipinski definition) is 5. The Balaban J connectivity index is 1.93. The minimum absolute atomic E-state index is 0.207. The molecule has 0 fully saturated rings. The highest BCUT2D eigenvalue weighted by atomic mass is 32.2. The number of methoxy groups -OCH3 is 1. The molecular weight excluding hydrogens is 310 g/mol. The third-order valence-electron chi connectivity index (χ3n) is 2.75. The van der Waals surface area contributed by atoms with Crippen molar-refractivity contribution in [3.8, 4) is 5.75 Å². The number of carbonyl (C=O) groups excluding carboxylic acids is 1. The maximum atomic E-state index is 11.9. The number of nitrogens with one attached hydrogen (secondary N) is 1. The molecule has 0 spiro atoms. The first kappa shape index (κ1) is 15.5. The van der Waals surface area contributed by atoms with Crippen LogP contribution in [0.2, 0.25) is 0 Å². The highest BCUT2D eigenvalue weighted by Gasteiger charge is 2.19. The van der Waals surface area contributed by atoms with Crippen LogP contribution in [0.15, 0.2) is 46.0 Å². The van der Waals surface area contributed by atoms with E-state index in [2.05, 4.69) is 5.32 Å². The van der Waals surface area contributed by atoms with Crippen LogP contribution < -0.4 is 10.1 Å². The van der Waals surface area contributed by atoms with Crippen molar-refractivity contribution in [3.05, 3.63) is 47.3 Å². The molecule has 0 aliphatic heterocycles. The number of ether oxygens (including phenoxy) is 1. The average Bonchev–Trinajstić information content (AvgIpc) is 3.00. The van der Waals surface area contributed by atoms with Crippen molar-refractivity contribution < 1.29 is 17.9 Å². The van der Waals surface area contributed by atoms with Crippen molar-refractivity contribution in [2.45, 2.75) is 10.8 Å². The normalized spacial score (nSPS) is 11.1. The van der Waals surface area contributed by atoms with Crippen LogP contribution >= 0.6 is 11.3 Å². The SMILES string of the molecule is COc1cccc(CNC(=O)CS(=O)(=O)c2cccs2)c1. The Kier molecular flexibility index (Phi) is 4.98. The van der Waals surface area contributed by atoms with E-state index in [0.717, 1.165) is 16.9 Å². The standard InChI is InChI=1S/C14H15NO4S2/c1-19-12-5-2-4-11(8-12)9-15-13(16)10-21(17,18)14-6-3-7-20-14/h2-8H,9-10H2,1H3,(H,15,16). The molecule has 2 rings (SSSR count). The summed E-state index contributed by atoms with van der Waals surface area (Å²) in [4.78, 5) is 11.8. The molecule has 0 aliphatic carbocycles. The molecule has 112 valence electrons. The van der Waals surface area contributed by atoms with E-state index in [1.807, 2.05) is 12.1 Å². The van der Waals surface area contributed by atoms with E-state index in [0.29, 0.717) is 5.75 Å². The van der Waals surface area contributed by atoms with Gasteiger partial charge in [0.05, 0.1) is 7.11 Å². The number of thiophene rings is 1. The van der Waals surface area contributed by atoms with Gasteiger partial charge in [0.1, 0.15) is 15.7 Å². The van der Waals surface area contributed by atoms with Gasteiger partial charge in [-0.2, -0.15) is 0 Å². The molecular formula is C14H15NO4S2. The summed E-state index contributed by atoms with van der Waals surface area (Å²) in [7, 11) is -1.99. The van der Waals surface area contributed by atoms with Crippen LogP contribution in [-0.2, 0) is 21.2 Å². The van der Waals surface area contributed by atoms with E-state index in [1.165, 1.54) is 6.07 Å². The second-order valence-corrected chi connectivity index (χ2v) is 7.48. The second kappa shape index (κ2) is 6.73.